The van der Waals surface area contributed by atoms with Crippen LogP contribution in [-0.4, -0.2) is 17.4 Å². The summed E-state index contributed by atoms with van der Waals surface area (Å²) in [5.41, 5.74) is 7.46. The van der Waals surface area contributed by atoms with Crippen LogP contribution < -0.4 is 11.1 Å². The molecule has 1 aromatic heterocycles. The van der Waals surface area contributed by atoms with Crippen LogP contribution in [0.25, 0.3) is 0 Å². The van der Waals surface area contributed by atoms with E-state index in [1.165, 1.54) is 0 Å². The Morgan fingerprint density at radius 2 is 2.39 bits per heavy atom. The molecule has 3 N–H and O–H groups in total. The molecular weight excluding hydrogens is 226 g/mol. The summed E-state index contributed by atoms with van der Waals surface area (Å²) in [6.07, 6.45) is 9.26. The van der Waals surface area contributed by atoms with Crippen LogP contribution in [0.5, 0.6) is 0 Å². The summed E-state index contributed by atoms with van der Waals surface area (Å²) >= 11 is 0. The number of carbonyl (C=O) groups excluding carboxylic acids is 1. The van der Waals surface area contributed by atoms with Gasteiger partial charge in [-0.2, -0.15) is 0 Å². The highest BCUT2D eigenvalue weighted by Crippen LogP contribution is 2.17. The maximum atomic E-state index is 12.0. The van der Waals surface area contributed by atoms with E-state index in [4.69, 9.17) is 5.73 Å². The summed E-state index contributed by atoms with van der Waals surface area (Å²) in [4.78, 5) is 16.1. The molecule has 0 saturated heterocycles. The lowest BCUT2D eigenvalue weighted by molar-refractivity contribution is 0.0945. The molecule has 1 aliphatic rings. The third kappa shape index (κ3) is 3.09. The average Bonchev–Trinajstić information content (AvgIpc) is 2.40. The molecule has 18 heavy (non-hydrogen) atoms. The van der Waals surface area contributed by atoms with Crippen LogP contribution in [0.15, 0.2) is 24.4 Å². The zero-order valence-electron chi connectivity index (χ0n) is 10.6. The van der Waals surface area contributed by atoms with Gasteiger partial charge in [-0.1, -0.05) is 12.2 Å². The van der Waals surface area contributed by atoms with E-state index in [-0.39, 0.29) is 5.91 Å². The topological polar surface area (TPSA) is 68.0 Å². The van der Waals surface area contributed by atoms with Crippen molar-refractivity contribution in [3.8, 4) is 0 Å². The van der Waals surface area contributed by atoms with Crippen molar-refractivity contribution in [2.45, 2.75) is 26.2 Å². The highest BCUT2D eigenvalue weighted by molar-refractivity contribution is 5.95. The van der Waals surface area contributed by atoms with Crippen molar-refractivity contribution in [2.24, 2.45) is 5.92 Å². The van der Waals surface area contributed by atoms with Crippen LogP contribution >= 0.6 is 0 Å². The van der Waals surface area contributed by atoms with Gasteiger partial charge in [0.25, 0.3) is 5.91 Å². The Balaban J connectivity index is 1.95. The SMILES string of the molecule is Cc1ncc(N)cc1C(=O)NCC1CC=CCC1. The van der Waals surface area contributed by atoms with Crippen LogP contribution in [0.4, 0.5) is 5.69 Å². The van der Waals surface area contributed by atoms with Crippen LogP contribution in [-0.2, 0) is 0 Å². The second-order valence-electron chi connectivity index (χ2n) is 4.76. The van der Waals surface area contributed by atoms with E-state index in [2.05, 4.69) is 22.5 Å². The van der Waals surface area contributed by atoms with Crippen molar-refractivity contribution >= 4 is 11.6 Å². The number of carbonyl (C=O) groups is 1. The number of anilines is 1. The summed E-state index contributed by atoms with van der Waals surface area (Å²) in [7, 11) is 0. The van der Waals surface area contributed by atoms with E-state index in [0.29, 0.717) is 22.9 Å². The Labute approximate surface area is 107 Å². The monoisotopic (exact) mass is 245 g/mol. The number of amides is 1. The zero-order valence-corrected chi connectivity index (χ0v) is 10.6. The first-order chi connectivity index (χ1) is 8.66. The van der Waals surface area contributed by atoms with Gasteiger partial charge in [-0.25, -0.2) is 0 Å². The van der Waals surface area contributed by atoms with Crippen LogP contribution in [0.3, 0.4) is 0 Å². The lowest BCUT2D eigenvalue weighted by Gasteiger charge is -2.18. The number of hydrogen-bond acceptors (Lipinski definition) is 3. The fraction of sp³-hybridized carbons (Fsp3) is 0.429. The Kier molecular flexibility index (Phi) is 3.97. The van der Waals surface area contributed by atoms with Gasteiger partial charge in [0.15, 0.2) is 0 Å². The molecule has 1 atom stereocenters. The maximum absolute atomic E-state index is 12.0. The molecule has 1 heterocycles. The number of pyridine rings is 1. The molecule has 4 heteroatoms. The Morgan fingerprint density at radius 3 is 3.11 bits per heavy atom. The van der Waals surface area contributed by atoms with Gasteiger partial charge in [0, 0.05) is 6.54 Å². The summed E-state index contributed by atoms with van der Waals surface area (Å²) in [6.45, 7) is 2.54. The highest BCUT2D eigenvalue weighted by Gasteiger charge is 2.14. The van der Waals surface area contributed by atoms with Crippen molar-refractivity contribution in [3.05, 3.63) is 35.7 Å². The van der Waals surface area contributed by atoms with Crippen LogP contribution in [0, 0.1) is 12.8 Å². The molecule has 0 saturated carbocycles. The van der Waals surface area contributed by atoms with Crippen LogP contribution in [0.1, 0.15) is 35.3 Å². The summed E-state index contributed by atoms with van der Waals surface area (Å²) in [5.74, 6) is 0.468. The maximum Gasteiger partial charge on any atom is 0.253 e. The molecular formula is C14H19N3O. The molecule has 0 aromatic carbocycles. The molecule has 0 aliphatic heterocycles. The second-order valence-corrected chi connectivity index (χ2v) is 4.76. The summed E-state index contributed by atoms with van der Waals surface area (Å²) < 4.78 is 0. The number of aromatic nitrogens is 1. The van der Waals surface area contributed by atoms with Gasteiger partial charge in [-0.15, -0.1) is 0 Å². The minimum Gasteiger partial charge on any atom is -0.397 e. The van der Waals surface area contributed by atoms with Crippen molar-refractivity contribution in [2.75, 3.05) is 12.3 Å². The Morgan fingerprint density at radius 1 is 1.56 bits per heavy atom. The van der Waals surface area contributed by atoms with Crippen molar-refractivity contribution < 1.29 is 4.79 Å². The van der Waals surface area contributed by atoms with Crippen molar-refractivity contribution in [1.29, 1.82) is 0 Å². The molecule has 4 nitrogen and oxygen atoms in total. The average molecular weight is 245 g/mol. The van der Waals surface area contributed by atoms with E-state index < -0.39 is 0 Å². The van der Waals surface area contributed by atoms with Crippen molar-refractivity contribution in [3.63, 3.8) is 0 Å². The quantitative estimate of drug-likeness (QED) is 0.801. The largest absolute Gasteiger partial charge is 0.397 e. The minimum absolute atomic E-state index is 0.0816. The van der Waals surface area contributed by atoms with Gasteiger partial charge in [0.2, 0.25) is 0 Å². The van der Waals surface area contributed by atoms with Gasteiger partial charge in [0.1, 0.15) is 0 Å². The third-order valence-corrected chi connectivity index (χ3v) is 3.28. The van der Waals surface area contributed by atoms with E-state index in [9.17, 15) is 4.79 Å². The molecule has 0 radical (unpaired) electrons. The van der Waals surface area contributed by atoms with Gasteiger partial charge < -0.3 is 11.1 Å². The summed E-state index contributed by atoms with van der Waals surface area (Å²) in [5, 5.41) is 2.97. The first-order valence-electron chi connectivity index (χ1n) is 6.32. The van der Waals surface area contributed by atoms with Gasteiger partial charge in [-0.05, 0) is 38.2 Å². The van der Waals surface area contributed by atoms with Crippen LogP contribution in [0.2, 0.25) is 0 Å². The molecule has 2 rings (SSSR count). The predicted octanol–water partition coefficient (Wildman–Crippen LogP) is 2.06. The first kappa shape index (κ1) is 12.6. The van der Waals surface area contributed by atoms with E-state index in [1.807, 2.05) is 6.92 Å². The minimum atomic E-state index is -0.0816. The van der Waals surface area contributed by atoms with Crippen molar-refractivity contribution in [1.82, 2.24) is 10.3 Å². The standard InChI is InChI=1S/C14H19N3O/c1-10-13(7-12(15)9-16-10)14(18)17-8-11-5-3-2-4-6-11/h2-3,7,9,11H,4-6,8,15H2,1H3,(H,17,18). The molecule has 0 spiro atoms. The zero-order chi connectivity index (χ0) is 13.0. The molecule has 96 valence electrons. The summed E-state index contributed by atoms with van der Waals surface area (Å²) in [6, 6.07) is 1.68. The molecule has 0 bridgehead atoms. The number of aryl methyl sites for hydroxylation is 1. The lowest BCUT2D eigenvalue weighted by atomic mass is 9.94. The fourth-order valence-corrected chi connectivity index (χ4v) is 2.15. The van der Waals surface area contributed by atoms with E-state index >= 15 is 0 Å². The van der Waals surface area contributed by atoms with E-state index in [1.54, 1.807) is 12.3 Å². The smallest absolute Gasteiger partial charge is 0.253 e. The molecule has 1 aliphatic carbocycles. The molecule has 0 fully saturated rings. The number of allylic oxidation sites excluding steroid dienone is 2. The Hall–Kier alpha value is -1.84. The van der Waals surface area contributed by atoms with Gasteiger partial charge >= 0.3 is 0 Å². The number of nitrogens with zero attached hydrogens (tertiary/aromatic N) is 1. The fourth-order valence-electron chi connectivity index (χ4n) is 2.15. The first-order valence-corrected chi connectivity index (χ1v) is 6.32. The van der Waals surface area contributed by atoms with Gasteiger partial charge in [-0.3, -0.25) is 9.78 Å². The van der Waals surface area contributed by atoms with E-state index in [0.717, 1.165) is 25.8 Å². The second kappa shape index (κ2) is 5.67. The number of nitrogen functional groups attached to an aromatic ring is 1. The highest BCUT2D eigenvalue weighted by atomic mass is 16.1. The number of hydrogen-bond donors (Lipinski definition) is 2. The third-order valence-electron chi connectivity index (χ3n) is 3.28. The predicted molar refractivity (Wildman–Crippen MR) is 72.2 cm³/mol. The molecule has 1 aromatic rings. The molecule has 1 amide bonds. The lowest BCUT2D eigenvalue weighted by Crippen LogP contribution is -2.30. The van der Waals surface area contributed by atoms with Gasteiger partial charge in [0.05, 0.1) is 23.1 Å². The number of nitrogens with one attached hydrogen (secondary N) is 1. The number of nitrogens with two attached hydrogens (primary N) is 1. The Bertz CT molecular complexity index is 468. The normalized spacial score (nSPS) is 18.6. The molecule has 1 unspecified atom stereocenters. The number of rotatable bonds is 3.